The van der Waals surface area contributed by atoms with Gasteiger partial charge in [0.1, 0.15) is 5.75 Å². The van der Waals surface area contributed by atoms with E-state index in [1.165, 1.54) is 0 Å². The van der Waals surface area contributed by atoms with Crippen molar-refractivity contribution in [2.75, 3.05) is 20.2 Å². The van der Waals surface area contributed by atoms with E-state index in [0.717, 1.165) is 15.8 Å². The molecule has 0 fully saturated rings. The fourth-order valence-electron chi connectivity index (χ4n) is 1.93. The van der Waals surface area contributed by atoms with Gasteiger partial charge in [0.15, 0.2) is 0 Å². The molecule has 1 amide bonds. The number of aliphatic hydroxyl groups is 1. The number of carbonyl (C=O) groups excluding carboxylic acids is 1. The maximum Gasteiger partial charge on any atom is 0.227 e. The standard InChI is InChI=1S/C15H22BrNO3/c1-5-17(10-15(2,3)19)14(18)9-11-8-12(20-4)6-7-13(11)16/h6-8,19H,5,9-10H2,1-4H3. The second-order valence-electron chi connectivity index (χ2n) is 5.35. The normalized spacial score (nSPS) is 11.3. The number of nitrogens with zero attached hydrogens (tertiary/aromatic N) is 1. The Balaban J connectivity index is 2.83. The predicted octanol–water partition coefficient (Wildman–Crippen LogP) is 2.62. The Bertz CT molecular complexity index is 469. The summed E-state index contributed by atoms with van der Waals surface area (Å²) in [5.74, 6) is 0.713. The van der Waals surface area contributed by atoms with Crippen molar-refractivity contribution in [1.29, 1.82) is 0 Å². The maximum absolute atomic E-state index is 12.3. The predicted molar refractivity (Wildman–Crippen MR) is 82.9 cm³/mol. The van der Waals surface area contributed by atoms with Gasteiger partial charge in [-0.15, -0.1) is 0 Å². The Hall–Kier alpha value is -1.07. The van der Waals surface area contributed by atoms with E-state index < -0.39 is 5.60 Å². The van der Waals surface area contributed by atoms with Crippen LogP contribution in [0.4, 0.5) is 0 Å². The third kappa shape index (κ3) is 5.13. The van der Waals surface area contributed by atoms with Crippen molar-refractivity contribution < 1.29 is 14.6 Å². The highest BCUT2D eigenvalue weighted by molar-refractivity contribution is 9.10. The Kier molecular flexibility index (Phi) is 6.02. The van der Waals surface area contributed by atoms with Crippen LogP contribution in [0.5, 0.6) is 5.75 Å². The van der Waals surface area contributed by atoms with Crippen molar-refractivity contribution in [1.82, 2.24) is 4.90 Å². The minimum absolute atomic E-state index is 0.0106. The van der Waals surface area contributed by atoms with E-state index in [0.29, 0.717) is 13.1 Å². The van der Waals surface area contributed by atoms with Crippen LogP contribution in [0.1, 0.15) is 26.3 Å². The van der Waals surface area contributed by atoms with Gasteiger partial charge < -0.3 is 14.7 Å². The fourth-order valence-corrected chi connectivity index (χ4v) is 2.32. The summed E-state index contributed by atoms with van der Waals surface area (Å²) in [4.78, 5) is 14.0. The molecule has 1 rings (SSSR count). The minimum atomic E-state index is -0.892. The summed E-state index contributed by atoms with van der Waals surface area (Å²) >= 11 is 3.44. The van der Waals surface area contributed by atoms with Gasteiger partial charge in [0.2, 0.25) is 5.91 Å². The zero-order chi connectivity index (χ0) is 15.3. The van der Waals surface area contributed by atoms with Gasteiger partial charge in [0.05, 0.1) is 19.1 Å². The second kappa shape index (κ2) is 7.09. The third-order valence-electron chi connectivity index (χ3n) is 2.91. The summed E-state index contributed by atoms with van der Waals surface area (Å²) in [7, 11) is 1.60. The first-order valence-electron chi connectivity index (χ1n) is 6.59. The lowest BCUT2D eigenvalue weighted by Gasteiger charge is -2.28. The first kappa shape index (κ1) is 17.0. The van der Waals surface area contributed by atoms with E-state index in [-0.39, 0.29) is 12.3 Å². The zero-order valence-electron chi connectivity index (χ0n) is 12.4. The van der Waals surface area contributed by atoms with Crippen LogP contribution in [0.3, 0.4) is 0 Å². The molecular formula is C15H22BrNO3. The van der Waals surface area contributed by atoms with E-state index in [1.807, 2.05) is 25.1 Å². The molecule has 0 heterocycles. The molecule has 0 aliphatic heterocycles. The first-order chi connectivity index (χ1) is 9.26. The Labute approximate surface area is 128 Å². The number of hydrogen-bond donors (Lipinski definition) is 1. The van der Waals surface area contributed by atoms with Crippen LogP contribution in [0, 0.1) is 0 Å². The number of hydrogen-bond acceptors (Lipinski definition) is 3. The summed E-state index contributed by atoms with van der Waals surface area (Å²) < 4.78 is 6.05. The average Bonchev–Trinajstić information content (AvgIpc) is 2.37. The van der Waals surface area contributed by atoms with Crippen molar-refractivity contribution >= 4 is 21.8 Å². The van der Waals surface area contributed by atoms with Crippen LogP contribution >= 0.6 is 15.9 Å². The van der Waals surface area contributed by atoms with E-state index in [9.17, 15) is 9.90 Å². The SMILES string of the molecule is CCN(CC(C)(C)O)C(=O)Cc1cc(OC)ccc1Br. The molecule has 0 radical (unpaired) electrons. The summed E-state index contributed by atoms with van der Waals surface area (Å²) in [6.07, 6.45) is 0.279. The molecule has 112 valence electrons. The highest BCUT2D eigenvalue weighted by Crippen LogP contribution is 2.23. The summed E-state index contributed by atoms with van der Waals surface area (Å²) in [5.41, 5.74) is -0.0133. The monoisotopic (exact) mass is 343 g/mol. The second-order valence-corrected chi connectivity index (χ2v) is 6.21. The van der Waals surface area contributed by atoms with Gasteiger partial charge in [-0.3, -0.25) is 4.79 Å². The molecule has 1 aromatic rings. The van der Waals surface area contributed by atoms with Crippen LogP contribution < -0.4 is 4.74 Å². The summed E-state index contributed by atoms with van der Waals surface area (Å²) in [5, 5.41) is 9.85. The van der Waals surface area contributed by atoms with Crippen molar-refractivity contribution in [3.63, 3.8) is 0 Å². The molecule has 4 nitrogen and oxygen atoms in total. The smallest absolute Gasteiger partial charge is 0.227 e. The Morgan fingerprint density at radius 2 is 2.10 bits per heavy atom. The lowest BCUT2D eigenvalue weighted by Crippen LogP contribution is -2.42. The summed E-state index contributed by atoms with van der Waals surface area (Å²) in [6, 6.07) is 5.56. The van der Waals surface area contributed by atoms with Crippen molar-refractivity contribution in [3.8, 4) is 5.75 Å². The first-order valence-corrected chi connectivity index (χ1v) is 7.38. The minimum Gasteiger partial charge on any atom is -0.497 e. The number of amides is 1. The maximum atomic E-state index is 12.3. The van der Waals surface area contributed by atoms with Gasteiger partial charge in [0.25, 0.3) is 0 Å². The molecule has 0 aliphatic rings. The van der Waals surface area contributed by atoms with Crippen molar-refractivity contribution in [3.05, 3.63) is 28.2 Å². The van der Waals surface area contributed by atoms with Crippen LogP contribution in [0.15, 0.2) is 22.7 Å². The zero-order valence-corrected chi connectivity index (χ0v) is 14.0. The molecule has 0 saturated carbocycles. The van der Waals surface area contributed by atoms with Crippen molar-refractivity contribution in [2.24, 2.45) is 0 Å². The third-order valence-corrected chi connectivity index (χ3v) is 3.68. The lowest BCUT2D eigenvalue weighted by molar-refractivity contribution is -0.133. The molecule has 5 heteroatoms. The van der Waals surface area contributed by atoms with Gasteiger partial charge in [-0.1, -0.05) is 15.9 Å². The van der Waals surface area contributed by atoms with Crippen LogP contribution in [-0.2, 0) is 11.2 Å². The molecule has 0 bridgehead atoms. The quantitative estimate of drug-likeness (QED) is 0.863. The number of methoxy groups -OCH3 is 1. The highest BCUT2D eigenvalue weighted by atomic mass is 79.9. The molecule has 0 atom stereocenters. The molecule has 0 spiro atoms. The van der Waals surface area contributed by atoms with Crippen molar-refractivity contribution in [2.45, 2.75) is 32.8 Å². The number of benzene rings is 1. The Morgan fingerprint density at radius 1 is 1.45 bits per heavy atom. The van der Waals surface area contributed by atoms with E-state index >= 15 is 0 Å². The largest absolute Gasteiger partial charge is 0.497 e. The number of ether oxygens (including phenoxy) is 1. The van der Waals surface area contributed by atoms with E-state index in [4.69, 9.17) is 4.74 Å². The molecule has 0 saturated heterocycles. The van der Waals surface area contributed by atoms with Crippen LogP contribution in [0.2, 0.25) is 0 Å². The van der Waals surface area contributed by atoms with Gasteiger partial charge in [-0.2, -0.15) is 0 Å². The van der Waals surface area contributed by atoms with Gasteiger partial charge in [-0.25, -0.2) is 0 Å². The van der Waals surface area contributed by atoms with Crippen LogP contribution in [0.25, 0.3) is 0 Å². The molecule has 1 N–H and O–H groups in total. The topological polar surface area (TPSA) is 49.8 Å². The van der Waals surface area contributed by atoms with E-state index in [2.05, 4.69) is 15.9 Å². The summed E-state index contributed by atoms with van der Waals surface area (Å²) in [6.45, 7) is 6.20. The molecule has 0 unspecified atom stereocenters. The molecule has 1 aromatic carbocycles. The van der Waals surface area contributed by atoms with Gasteiger partial charge in [-0.05, 0) is 44.5 Å². The molecule has 0 aromatic heterocycles. The van der Waals surface area contributed by atoms with Gasteiger partial charge in [0, 0.05) is 17.6 Å². The van der Waals surface area contributed by atoms with E-state index in [1.54, 1.807) is 25.9 Å². The fraction of sp³-hybridized carbons (Fsp3) is 0.533. The molecular weight excluding hydrogens is 322 g/mol. The molecule has 20 heavy (non-hydrogen) atoms. The number of carbonyl (C=O) groups is 1. The average molecular weight is 344 g/mol. The lowest BCUT2D eigenvalue weighted by atomic mass is 10.1. The van der Waals surface area contributed by atoms with Gasteiger partial charge >= 0.3 is 0 Å². The number of halogens is 1. The number of rotatable bonds is 6. The highest BCUT2D eigenvalue weighted by Gasteiger charge is 2.21. The Morgan fingerprint density at radius 3 is 2.60 bits per heavy atom. The van der Waals surface area contributed by atoms with Crippen LogP contribution in [-0.4, -0.2) is 41.7 Å². The number of likely N-dealkylation sites (N-methyl/N-ethyl adjacent to an activating group) is 1. The molecule has 0 aliphatic carbocycles.